The van der Waals surface area contributed by atoms with Gasteiger partial charge in [0.2, 0.25) is 0 Å². The van der Waals surface area contributed by atoms with Crippen LogP contribution in [0, 0.1) is 6.92 Å². The SMILES string of the molecule is CCC(CC)NC(=O)COC(=O)c1cc(-c2csc(C)n2)c[nH]1. The molecule has 0 aliphatic heterocycles. The number of nitrogens with one attached hydrogen (secondary N) is 2. The average molecular weight is 335 g/mol. The van der Waals surface area contributed by atoms with Gasteiger partial charge in [0.25, 0.3) is 5.91 Å². The number of ether oxygens (including phenoxy) is 1. The zero-order valence-corrected chi connectivity index (χ0v) is 14.3. The average Bonchev–Trinajstić information content (AvgIpc) is 3.19. The minimum atomic E-state index is -0.553. The number of hydrogen-bond donors (Lipinski definition) is 2. The molecule has 7 heteroatoms. The Hall–Kier alpha value is -2.15. The number of amides is 1. The number of thiazole rings is 1. The second kappa shape index (κ2) is 7.92. The van der Waals surface area contributed by atoms with Crippen LogP contribution in [0.25, 0.3) is 11.3 Å². The summed E-state index contributed by atoms with van der Waals surface area (Å²) in [6.45, 7) is 5.65. The predicted octanol–water partition coefficient (Wildman–Crippen LogP) is 2.91. The van der Waals surface area contributed by atoms with Crippen LogP contribution in [0.2, 0.25) is 0 Å². The normalized spacial score (nSPS) is 10.8. The van der Waals surface area contributed by atoms with Crippen molar-refractivity contribution in [3.8, 4) is 11.3 Å². The van der Waals surface area contributed by atoms with E-state index in [4.69, 9.17) is 4.74 Å². The minimum absolute atomic E-state index is 0.117. The highest BCUT2D eigenvalue weighted by Gasteiger charge is 2.15. The highest BCUT2D eigenvalue weighted by atomic mass is 32.1. The summed E-state index contributed by atoms with van der Waals surface area (Å²) in [5, 5.41) is 5.71. The first kappa shape index (κ1) is 17.2. The molecule has 0 saturated carbocycles. The maximum atomic E-state index is 12.0. The van der Waals surface area contributed by atoms with Crippen LogP contribution in [0.5, 0.6) is 0 Å². The zero-order chi connectivity index (χ0) is 16.8. The first-order chi connectivity index (χ1) is 11.0. The van der Waals surface area contributed by atoms with E-state index >= 15 is 0 Å². The first-order valence-corrected chi connectivity index (χ1v) is 8.48. The summed E-state index contributed by atoms with van der Waals surface area (Å²) in [6, 6.07) is 1.79. The summed E-state index contributed by atoms with van der Waals surface area (Å²) in [5.41, 5.74) is 1.94. The van der Waals surface area contributed by atoms with Gasteiger partial charge in [0.1, 0.15) is 5.69 Å². The summed E-state index contributed by atoms with van der Waals surface area (Å²) in [5.74, 6) is -0.836. The van der Waals surface area contributed by atoms with Crippen molar-refractivity contribution in [1.82, 2.24) is 15.3 Å². The van der Waals surface area contributed by atoms with E-state index in [-0.39, 0.29) is 18.6 Å². The summed E-state index contributed by atoms with van der Waals surface area (Å²) >= 11 is 1.55. The third-order valence-corrected chi connectivity index (χ3v) is 4.28. The molecule has 0 aliphatic rings. The Bertz CT molecular complexity index is 674. The van der Waals surface area contributed by atoms with E-state index in [0.717, 1.165) is 29.1 Å². The smallest absolute Gasteiger partial charge is 0.355 e. The number of hydrogen-bond acceptors (Lipinski definition) is 5. The number of rotatable bonds is 7. The zero-order valence-electron chi connectivity index (χ0n) is 13.5. The molecule has 23 heavy (non-hydrogen) atoms. The molecule has 0 bridgehead atoms. The van der Waals surface area contributed by atoms with Crippen LogP contribution in [-0.2, 0) is 9.53 Å². The first-order valence-electron chi connectivity index (χ1n) is 7.60. The van der Waals surface area contributed by atoms with Gasteiger partial charge < -0.3 is 15.0 Å². The molecule has 0 unspecified atom stereocenters. The van der Waals surface area contributed by atoms with E-state index in [9.17, 15) is 9.59 Å². The fraction of sp³-hybridized carbons (Fsp3) is 0.438. The van der Waals surface area contributed by atoms with Gasteiger partial charge in [-0.2, -0.15) is 0 Å². The lowest BCUT2D eigenvalue weighted by Gasteiger charge is -2.14. The van der Waals surface area contributed by atoms with Crippen LogP contribution < -0.4 is 5.32 Å². The van der Waals surface area contributed by atoms with Crippen molar-refractivity contribution in [1.29, 1.82) is 0 Å². The molecular weight excluding hydrogens is 314 g/mol. The molecule has 0 aromatic carbocycles. The number of H-pyrrole nitrogens is 1. The number of aromatic nitrogens is 2. The van der Waals surface area contributed by atoms with Crippen LogP contribution in [0.4, 0.5) is 0 Å². The number of aromatic amines is 1. The molecule has 0 radical (unpaired) electrons. The molecule has 0 aliphatic carbocycles. The van der Waals surface area contributed by atoms with Crippen molar-refractivity contribution >= 4 is 23.2 Å². The van der Waals surface area contributed by atoms with Gasteiger partial charge >= 0.3 is 5.97 Å². The summed E-state index contributed by atoms with van der Waals surface area (Å²) in [7, 11) is 0. The van der Waals surface area contributed by atoms with E-state index in [2.05, 4.69) is 15.3 Å². The van der Waals surface area contributed by atoms with E-state index in [1.807, 2.05) is 26.2 Å². The van der Waals surface area contributed by atoms with Crippen molar-refractivity contribution in [3.63, 3.8) is 0 Å². The molecule has 0 spiro atoms. The van der Waals surface area contributed by atoms with E-state index in [0.29, 0.717) is 5.69 Å². The third kappa shape index (κ3) is 4.66. The lowest BCUT2D eigenvalue weighted by molar-refractivity contribution is -0.125. The number of aryl methyl sites for hydroxylation is 1. The molecule has 6 nitrogen and oxygen atoms in total. The molecule has 2 rings (SSSR count). The highest BCUT2D eigenvalue weighted by Crippen LogP contribution is 2.22. The predicted molar refractivity (Wildman–Crippen MR) is 89.4 cm³/mol. The number of carbonyl (C=O) groups excluding carboxylic acids is 2. The minimum Gasteiger partial charge on any atom is -0.451 e. The molecule has 2 aromatic rings. The Labute approximate surface area is 139 Å². The Morgan fingerprint density at radius 1 is 1.39 bits per heavy atom. The van der Waals surface area contributed by atoms with Gasteiger partial charge in [0, 0.05) is 23.2 Å². The maximum absolute atomic E-state index is 12.0. The molecule has 124 valence electrons. The maximum Gasteiger partial charge on any atom is 0.355 e. The molecule has 1 amide bonds. The quantitative estimate of drug-likeness (QED) is 0.762. The van der Waals surface area contributed by atoms with Crippen LogP contribution in [0.1, 0.15) is 42.2 Å². The van der Waals surface area contributed by atoms with E-state index in [1.54, 1.807) is 23.6 Å². The van der Waals surface area contributed by atoms with Crippen LogP contribution in [0.3, 0.4) is 0 Å². The van der Waals surface area contributed by atoms with Crippen molar-refractivity contribution < 1.29 is 14.3 Å². The Kier molecular flexibility index (Phi) is 5.92. The number of esters is 1. The molecule has 0 saturated heterocycles. The lowest BCUT2D eigenvalue weighted by Crippen LogP contribution is -2.36. The van der Waals surface area contributed by atoms with Crippen LogP contribution in [0.15, 0.2) is 17.6 Å². The summed E-state index contributed by atoms with van der Waals surface area (Å²) in [6.07, 6.45) is 3.40. The standard InChI is InChI=1S/C16H21N3O3S/c1-4-12(5-2)19-15(20)8-22-16(21)13-6-11(7-17-13)14-9-23-10(3)18-14/h6-7,9,12,17H,4-5,8H2,1-3H3,(H,19,20). The molecule has 0 atom stereocenters. The Morgan fingerprint density at radius 3 is 2.74 bits per heavy atom. The van der Waals surface area contributed by atoms with Crippen molar-refractivity contribution in [2.45, 2.75) is 39.7 Å². The second-order valence-electron chi connectivity index (χ2n) is 5.21. The summed E-state index contributed by atoms with van der Waals surface area (Å²) in [4.78, 5) is 30.9. The van der Waals surface area contributed by atoms with Crippen molar-refractivity contribution in [3.05, 3.63) is 28.3 Å². The van der Waals surface area contributed by atoms with E-state index < -0.39 is 5.97 Å². The van der Waals surface area contributed by atoms with Gasteiger partial charge in [0.05, 0.1) is 10.7 Å². The Morgan fingerprint density at radius 2 is 2.13 bits per heavy atom. The molecule has 0 fully saturated rings. The largest absolute Gasteiger partial charge is 0.451 e. The van der Waals surface area contributed by atoms with Gasteiger partial charge in [-0.15, -0.1) is 11.3 Å². The topological polar surface area (TPSA) is 84.1 Å². The second-order valence-corrected chi connectivity index (χ2v) is 6.27. The molecular formula is C16H21N3O3S. The van der Waals surface area contributed by atoms with Gasteiger partial charge in [0.15, 0.2) is 6.61 Å². The monoisotopic (exact) mass is 335 g/mol. The van der Waals surface area contributed by atoms with Crippen molar-refractivity contribution in [2.75, 3.05) is 6.61 Å². The number of nitrogens with zero attached hydrogens (tertiary/aromatic N) is 1. The fourth-order valence-electron chi connectivity index (χ4n) is 2.13. The van der Waals surface area contributed by atoms with Crippen molar-refractivity contribution in [2.24, 2.45) is 0 Å². The third-order valence-electron chi connectivity index (χ3n) is 3.50. The van der Waals surface area contributed by atoms with Gasteiger partial charge in [-0.3, -0.25) is 4.79 Å². The molecule has 2 N–H and O–H groups in total. The highest BCUT2D eigenvalue weighted by molar-refractivity contribution is 7.09. The van der Waals surface area contributed by atoms with Gasteiger partial charge in [-0.25, -0.2) is 9.78 Å². The van der Waals surface area contributed by atoms with Gasteiger partial charge in [-0.05, 0) is 25.8 Å². The number of carbonyl (C=O) groups is 2. The van der Waals surface area contributed by atoms with Crippen LogP contribution >= 0.6 is 11.3 Å². The Balaban J connectivity index is 1.89. The lowest BCUT2D eigenvalue weighted by atomic mass is 10.2. The summed E-state index contributed by atoms with van der Waals surface area (Å²) < 4.78 is 5.03. The fourth-order valence-corrected chi connectivity index (χ4v) is 2.75. The molecule has 2 heterocycles. The van der Waals surface area contributed by atoms with Gasteiger partial charge in [-0.1, -0.05) is 13.8 Å². The van der Waals surface area contributed by atoms with Crippen LogP contribution in [-0.4, -0.2) is 34.5 Å². The molecule has 2 aromatic heterocycles. The van der Waals surface area contributed by atoms with E-state index in [1.165, 1.54) is 0 Å².